The molecule has 0 aliphatic heterocycles. The third-order valence-corrected chi connectivity index (χ3v) is 5.62. The minimum Gasteiger partial charge on any atom is -0.310 e. The Labute approximate surface area is 178 Å². The van der Waals surface area contributed by atoms with Gasteiger partial charge in [-0.2, -0.15) is 0 Å². The molecule has 4 rings (SSSR count). The molecule has 0 radical (unpaired) electrons. The van der Waals surface area contributed by atoms with Gasteiger partial charge >= 0.3 is 0 Å². The molecule has 0 aliphatic carbocycles. The first kappa shape index (κ1) is 19.4. The van der Waals surface area contributed by atoms with Crippen LogP contribution in [0, 0.1) is 6.92 Å². The van der Waals surface area contributed by atoms with E-state index in [1.165, 1.54) is 0 Å². The zero-order valence-electron chi connectivity index (χ0n) is 16.0. The van der Waals surface area contributed by atoms with Gasteiger partial charge in [-0.3, -0.25) is 4.79 Å². The minimum atomic E-state index is -0.188. The van der Waals surface area contributed by atoms with Gasteiger partial charge in [0.2, 0.25) is 0 Å². The van der Waals surface area contributed by atoms with Gasteiger partial charge in [0.15, 0.2) is 0 Å². The maximum atomic E-state index is 12.6. The average molecular weight is 418 g/mol. The van der Waals surface area contributed by atoms with Crippen LogP contribution in [0.2, 0.25) is 0 Å². The second-order valence-electron chi connectivity index (χ2n) is 6.67. The lowest BCUT2D eigenvalue weighted by Crippen LogP contribution is -2.28. The van der Waals surface area contributed by atoms with Gasteiger partial charge in [-0.25, -0.2) is 9.98 Å². The highest BCUT2D eigenvalue weighted by Gasteiger charge is 2.09. The number of amidine groups is 1. The summed E-state index contributed by atoms with van der Waals surface area (Å²) in [6.45, 7) is 3.75. The smallest absolute Gasteiger partial charge is 0.256 e. The van der Waals surface area contributed by atoms with Crippen molar-refractivity contribution in [1.29, 1.82) is 0 Å². The predicted molar refractivity (Wildman–Crippen MR) is 124 cm³/mol. The van der Waals surface area contributed by atoms with Crippen LogP contribution in [-0.4, -0.2) is 16.7 Å². The van der Waals surface area contributed by atoms with Gasteiger partial charge in [0.1, 0.15) is 5.84 Å². The Hall–Kier alpha value is -2.96. The van der Waals surface area contributed by atoms with Gasteiger partial charge in [0.05, 0.1) is 16.4 Å². The number of hydrogen-bond donors (Lipinski definition) is 2. The zero-order valence-corrected chi connectivity index (χ0v) is 17.7. The van der Waals surface area contributed by atoms with Crippen molar-refractivity contribution in [3.8, 4) is 11.3 Å². The summed E-state index contributed by atoms with van der Waals surface area (Å²) in [5.74, 6) is 0.322. The maximum Gasteiger partial charge on any atom is 0.256 e. The van der Waals surface area contributed by atoms with Crippen LogP contribution in [-0.2, 0) is 0 Å². The second-order valence-corrected chi connectivity index (χ2v) is 8.21. The molecule has 4 nitrogen and oxygen atoms in total. The first-order valence-electron chi connectivity index (χ1n) is 9.10. The van der Waals surface area contributed by atoms with Crippen molar-refractivity contribution in [2.45, 2.75) is 18.7 Å². The molecule has 3 aromatic carbocycles. The zero-order chi connectivity index (χ0) is 20.4. The molecule has 6 heteroatoms. The van der Waals surface area contributed by atoms with E-state index in [0.717, 1.165) is 31.9 Å². The minimum absolute atomic E-state index is 0.188. The van der Waals surface area contributed by atoms with Gasteiger partial charge < -0.3 is 5.32 Å². The molecule has 0 bridgehead atoms. The van der Waals surface area contributed by atoms with Gasteiger partial charge in [-0.1, -0.05) is 36.4 Å². The average Bonchev–Trinajstić information content (AvgIpc) is 3.15. The predicted octanol–water partition coefficient (Wildman–Crippen LogP) is 6.04. The quantitative estimate of drug-likeness (QED) is 0.243. The number of carbonyl (C=O) groups excluding carboxylic acids is 1. The Bertz CT molecular complexity index is 1240. The highest BCUT2D eigenvalue weighted by Crippen LogP contribution is 2.30. The van der Waals surface area contributed by atoms with E-state index in [1.54, 1.807) is 18.3 Å². The Morgan fingerprint density at radius 3 is 2.59 bits per heavy atom. The van der Waals surface area contributed by atoms with Crippen LogP contribution in [0.4, 0.5) is 5.69 Å². The van der Waals surface area contributed by atoms with Crippen molar-refractivity contribution in [2.24, 2.45) is 4.99 Å². The fourth-order valence-corrected chi connectivity index (χ4v) is 3.93. The van der Waals surface area contributed by atoms with E-state index in [-0.39, 0.29) is 5.91 Å². The number of amides is 1. The van der Waals surface area contributed by atoms with Gasteiger partial charge in [0, 0.05) is 21.4 Å². The lowest BCUT2D eigenvalue weighted by atomic mass is 10.1. The number of nitrogens with one attached hydrogen (secondary N) is 1. The highest BCUT2D eigenvalue weighted by atomic mass is 32.1. The van der Waals surface area contributed by atoms with E-state index >= 15 is 0 Å². The number of aromatic nitrogens is 1. The Morgan fingerprint density at radius 1 is 1.07 bits per heavy atom. The Kier molecular flexibility index (Phi) is 5.47. The number of nitrogens with zero attached hydrogens (tertiary/aromatic N) is 2. The van der Waals surface area contributed by atoms with Crippen LogP contribution >= 0.6 is 24.0 Å². The SMILES string of the molecule is CC(=Nc1ccc(-c2csc(C)n2)cc1S)NC(=O)c1ccc2ccccc2c1. The standard InChI is InChI=1S/C23H19N3OS2/c1-14(25-23(27)19-8-7-16-5-3-4-6-17(16)11-19)24-20-10-9-18(12-22(20)28)21-13-29-15(2)26-21/h3-13,28H,1-2H3,(H,24,25,27). The molecule has 4 aromatic rings. The number of rotatable bonds is 3. The van der Waals surface area contributed by atoms with Crippen LogP contribution in [0.25, 0.3) is 22.0 Å². The van der Waals surface area contributed by atoms with Crippen molar-refractivity contribution in [2.75, 3.05) is 0 Å². The summed E-state index contributed by atoms with van der Waals surface area (Å²) in [6, 6.07) is 19.4. The van der Waals surface area contributed by atoms with Crippen LogP contribution in [0.3, 0.4) is 0 Å². The summed E-state index contributed by atoms with van der Waals surface area (Å²) in [5.41, 5.74) is 3.22. The molecule has 1 aromatic heterocycles. The van der Waals surface area contributed by atoms with E-state index in [9.17, 15) is 4.79 Å². The number of thiazole rings is 1. The summed E-state index contributed by atoms with van der Waals surface area (Å²) in [7, 11) is 0. The molecule has 0 spiro atoms. The van der Waals surface area contributed by atoms with Crippen LogP contribution in [0.1, 0.15) is 22.3 Å². The lowest BCUT2D eigenvalue weighted by Gasteiger charge is -2.08. The monoisotopic (exact) mass is 417 g/mol. The number of fused-ring (bicyclic) bond motifs is 1. The van der Waals surface area contributed by atoms with E-state index in [1.807, 2.05) is 73.0 Å². The van der Waals surface area contributed by atoms with Crippen molar-refractivity contribution >= 4 is 52.2 Å². The molecular formula is C23H19N3OS2. The number of benzene rings is 3. The summed E-state index contributed by atoms with van der Waals surface area (Å²) < 4.78 is 0. The van der Waals surface area contributed by atoms with Gasteiger partial charge in [-0.15, -0.1) is 24.0 Å². The molecular weight excluding hydrogens is 398 g/mol. The molecule has 1 heterocycles. The van der Waals surface area contributed by atoms with E-state index in [2.05, 4.69) is 27.9 Å². The number of aliphatic imine (C=N–C) groups is 1. The van der Waals surface area contributed by atoms with E-state index in [4.69, 9.17) is 0 Å². The van der Waals surface area contributed by atoms with Crippen molar-refractivity contribution in [3.63, 3.8) is 0 Å². The number of hydrogen-bond acceptors (Lipinski definition) is 5. The van der Waals surface area contributed by atoms with Crippen LogP contribution in [0.15, 0.2) is 75.9 Å². The summed E-state index contributed by atoms with van der Waals surface area (Å²) in [5, 5.41) is 8.03. The molecule has 0 unspecified atom stereocenters. The van der Waals surface area contributed by atoms with Crippen LogP contribution < -0.4 is 5.32 Å². The van der Waals surface area contributed by atoms with E-state index < -0.39 is 0 Å². The largest absolute Gasteiger partial charge is 0.310 e. The second kappa shape index (κ2) is 8.19. The van der Waals surface area contributed by atoms with Crippen molar-refractivity contribution in [1.82, 2.24) is 10.3 Å². The van der Waals surface area contributed by atoms with Crippen molar-refractivity contribution in [3.05, 3.63) is 76.6 Å². The lowest BCUT2D eigenvalue weighted by molar-refractivity contribution is 0.0977. The number of aryl methyl sites for hydroxylation is 1. The third-order valence-electron chi connectivity index (χ3n) is 4.48. The maximum absolute atomic E-state index is 12.6. The number of thiol groups is 1. The summed E-state index contributed by atoms with van der Waals surface area (Å²) in [6.07, 6.45) is 0. The third kappa shape index (κ3) is 4.39. The fourth-order valence-electron chi connectivity index (χ4n) is 3.05. The highest BCUT2D eigenvalue weighted by molar-refractivity contribution is 7.80. The molecule has 29 heavy (non-hydrogen) atoms. The molecule has 1 amide bonds. The molecule has 144 valence electrons. The first-order valence-corrected chi connectivity index (χ1v) is 10.4. The van der Waals surface area contributed by atoms with Gasteiger partial charge in [-0.05, 0) is 48.9 Å². The fraction of sp³-hybridized carbons (Fsp3) is 0.0870. The molecule has 0 aliphatic rings. The molecule has 1 N–H and O–H groups in total. The topological polar surface area (TPSA) is 54.4 Å². The molecule has 0 fully saturated rings. The Balaban J connectivity index is 1.52. The summed E-state index contributed by atoms with van der Waals surface area (Å²) in [4.78, 5) is 22.3. The number of carbonyl (C=O) groups is 1. The first-order chi connectivity index (χ1) is 14.0. The van der Waals surface area contributed by atoms with E-state index in [0.29, 0.717) is 17.1 Å². The normalized spacial score (nSPS) is 11.6. The molecule has 0 saturated heterocycles. The van der Waals surface area contributed by atoms with Gasteiger partial charge in [0.25, 0.3) is 5.91 Å². The van der Waals surface area contributed by atoms with Crippen molar-refractivity contribution < 1.29 is 4.79 Å². The molecule has 0 saturated carbocycles. The Morgan fingerprint density at radius 2 is 1.86 bits per heavy atom. The van der Waals surface area contributed by atoms with Crippen LogP contribution in [0.5, 0.6) is 0 Å². The molecule has 0 atom stereocenters. The summed E-state index contributed by atoms with van der Waals surface area (Å²) >= 11 is 6.17.